The van der Waals surface area contributed by atoms with Gasteiger partial charge < -0.3 is 5.73 Å². The highest BCUT2D eigenvalue weighted by Gasteiger charge is 2.05. The van der Waals surface area contributed by atoms with Gasteiger partial charge in [-0.1, -0.05) is 11.6 Å². The van der Waals surface area contributed by atoms with E-state index in [-0.39, 0.29) is 0 Å². The van der Waals surface area contributed by atoms with Gasteiger partial charge in [0.15, 0.2) is 0 Å². The minimum Gasteiger partial charge on any atom is -0.397 e. The Morgan fingerprint density at radius 3 is 2.62 bits per heavy atom. The van der Waals surface area contributed by atoms with Gasteiger partial charge in [-0.15, -0.1) is 0 Å². The number of nitrogen functional groups attached to an aromatic ring is 1. The molecule has 0 aliphatic heterocycles. The van der Waals surface area contributed by atoms with Crippen molar-refractivity contribution in [2.75, 3.05) is 5.73 Å². The van der Waals surface area contributed by atoms with Gasteiger partial charge >= 0.3 is 0 Å². The summed E-state index contributed by atoms with van der Waals surface area (Å²) in [5, 5.41) is 9.10. The van der Waals surface area contributed by atoms with Crippen LogP contribution in [0.4, 0.5) is 5.69 Å². The summed E-state index contributed by atoms with van der Waals surface area (Å²) in [6.07, 6.45) is 3.06. The molecule has 0 bridgehead atoms. The van der Waals surface area contributed by atoms with Crippen LogP contribution in [0.3, 0.4) is 0 Å². The molecule has 2 heterocycles. The Balaban J connectivity index is 2.49. The predicted octanol–water partition coefficient (Wildman–Crippen LogP) is 2.25. The fraction of sp³-hybridized carbons (Fsp3) is 0. The number of aromatic nitrogens is 2. The maximum atomic E-state index is 8.68. The summed E-state index contributed by atoms with van der Waals surface area (Å²) in [5.41, 5.74) is 8.04. The summed E-state index contributed by atoms with van der Waals surface area (Å²) in [4.78, 5) is 8.06. The summed E-state index contributed by atoms with van der Waals surface area (Å²) in [7, 11) is 0. The van der Waals surface area contributed by atoms with E-state index in [1.165, 1.54) is 6.20 Å². The van der Waals surface area contributed by atoms with Crippen LogP contribution < -0.4 is 5.73 Å². The zero-order chi connectivity index (χ0) is 11.5. The number of rotatable bonds is 1. The molecule has 4 nitrogen and oxygen atoms in total. The lowest BCUT2D eigenvalue weighted by atomic mass is 10.1. The van der Waals surface area contributed by atoms with Crippen LogP contribution in [0.25, 0.3) is 11.3 Å². The maximum Gasteiger partial charge on any atom is 0.129 e. The van der Waals surface area contributed by atoms with Crippen molar-refractivity contribution in [2.45, 2.75) is 0 Å². The van der Waals surface area contributed by atoms with Crippen LogP contribution in [-0.2, 0) is 0 Å². The third-order valence-corrected chi connectivity index (χ3v) is 2.27. The minimum absolute atomic E-state index is 0.413. The van der Waals surface area contributed by atoms with E-state index >= 15 is 0 Å². The molecule has 0 amide bonds. The molecule has 0 spiro atoms. The molecule has 2 aromatic rings. The number of nitrogens with zero attached hydrogens (tertiary/aromatic N) is 3. The van der Waals surface area contributed by atoms with Gasteiger partial charge in [0.05, 0.1) is 16.9 Å². The highest BCUT2D eigenvalue weighted by Crippen LogP contribution is 2.23. The molecular formula is C11H7ClN4. The number of hydrogen-bond donors (Lipinski definition) is 1. The fourth-order valence-electron chi connectivity index (χ4n) is 1.30. The standard InChI is InChI=1S/C11H7ClN4/c12-10-2-1-8(6-15-10)11-9(14)3-7(4-13)5-16-11/h1-3,5-6H,14H2. The first-order valence-corrected chi connectivity index (χ1v) is 4.86. The van der Waals surface area contributed by atoms with E-state index in [2.05, 4.69) is 9.97 Å². The van der Waals surface area contributed by atoms with Gasteiger partial charge in [0.2, 0.25) is 0 Å². The van der Waals surface area contributed by atoms with Crippen molar-refractivity contribution in [2.24, 2.45) is 0 Å². The van der Waals surface area contributed by atoms with E-state index in [9.17, 15) is 0 Å². The van der Waals surface area contributed by atoms with Gasteiger partial charge in [0, 0.05) is 18.0 Å². The summed E-state index contributed by atoms with van der Waals surface area (Å²) >= 11 is 5.68. The molecule has 0 fully saturated rings. The van der Waals surface area contributed by atoms with Crippen molar-refractivity contribution < 1.29 is 0 Å². The first kappa shape index (κ1) is 10.4. The lowest BCUT2D eigenvalue weighted by Gasteiger charge is -2.04. The summed E-state index contributed by atoms with van der Waals surface area (Å²) < 4.78 is 0. The molecular weight excluding hydrogens is 224 g/mol. The predicted molar refractivity (Wildman–Crippen MR) is 61.6 cm³/mol. The van der Waals surface area contributed by atoms with E-state index in [1.807, 2.05) is 6.07 Å². The van der Waals surface area contributed by atoms with Crippen molar-refractivity contribution >= 4 is 17.3 Å². The van der Waals surface area contributed by atoms with E-state index in [1.54, 1.807) is 24.4 Å². The lowest BCUT2D eigenvalue weighted by Crippen LogP contribution is -1.95. The van der Waals surface area contributed by atoms with Gasteiger partial charge in [-0.2, -0.15) is 5.26 Å². The van der Waals surface area contributed by atoms with Crippen molar-refractivity contribution in [3.8, 4) is 17.3 Å². The lowest BCUT2D eigenvalue weighted by molar-refractivity contribution is 1.27. The second-order valence-corrected chi connectivity index (χ2v) is 3.53. The third-order valence-electron chi connectivity index (χ3n) is 2.05. The second-order valence-electron chi connectivity index (χ2n) is 3.14. The Morgan fingerprint density at radius 2 is 2.06 bits per heavy atom. The SMILES string of the molecule is N#Cc1cnc(-c2ccc(Cl)nc2)c(N)c1. The number of hydrogen-bond acceptors (Lipinski definition) is 4. The van der Waals surface area contributed by atoms with E-state index in [4.69, 9.17) is 22.6 Å². The van der Waals surface area contributed by atoms with E-state index < -0.39 is 0 Å². The van der Waals surface area contributed by atoms with Crippen LogP contribution in [0, 0.1) is 11.3 Å². The van der Waals surface area contributed by atoms with Crippen LogP contribution in [0.1, 0.15) is 5.56 Å². The van der Waals surface area contributed by atoms with Gasteiger partial charge in [-0.05, 0) is 18.2 Å². The average Bonchev–Trinajstić information content (AvgIpc) is 2.30. The number of pyridine rings is 2. The zero-order valence-corrected chi connectivity index (χ0v) is 8.94. The monoisotopic (exact) mass is 230 g/mol. The first-order valence-electron chi connectivity index (χ1n) is 4.48. The number of halogens is 1. The van der Waals surface area contributed by atoms with E-state index in [0.29, 0.717) is 22.1 Å². The Morgan fingerprint density at radius 1 is 1.25 bits per heavy atom. The number of nitrogens with two attached hydrogens (primary N) is 1. The number of nitriles is 1. The first-order chi connectivity index (χ1) is 7.70. The van der Waals surface area contributed by atoms with Gasteiger partial charge in [-0.25, -0.2) is 4.98 Å². The second kappa shape index (κ2) is 4.17. The minimum atomic E-state index is 0.413. The largest absolute Gasteiger partial charge is 0.397 e. The molecule has 78 valence electrons. The number of anilines is 1. The fourth-order valence-corrected chi connectivity index (χ4v) is 1.41. The Bertz CT molecular complexity index is 557. The zero-order valence-electron chi connectivity index (χ0n) is 8.18. The van der Waals surface area contributed by atoms with Crippen molar-refractivity contribution in [1.82, 2.24) is 9.97 Å². The quantitative estimate of drug-likeness (QED) is 0.763. The van der Waals surface area contributed by atoms with Gasteiger partial charge in [-0.3, -0.25) is 4.98 Å². The molecule has 0 unspecified atom stereocenters. The van der Waals surface area contributed by atoms with Gasteiger partial charge in [0.25, 0.3) is 0 Å². The normalized spacial score (nSPS) is 9.75. The molecule has 2 aromatic heterocycles. The van der Waals surface area contributed by atoms with Crippen LogP contribution in [0.15, 0.2) is 30.6 Å². The molecule has 5 heteroatoms. The molecule has 2 N–H and O–H groups in total. The van der Waals surface area contributed by atoms with Crippen molar-refractivity contribution in [3.63, 3.8) is 0 Å². The van der Waals surface area contributed by atoms with Crippen molar-refractivity contribution in [3.05, 3.63) is 41.3 Å². The maximum absolute atomic E-state index is 8.68. The summed E-state index contributed by atoms with van der Waals surface area (Å²) in [6, 6.07) is 7.00. The molecule has 0 aliphatic rings. The average molecular weight is 231 g/mol. The third kappa shape index (κ3) is 1.95. The van der Waals surface area contributed by atoms with Crippen LogP contribution in [-0.4, -0.2) is 9.97 Å². The van der Waals surface area contributed by atoms with E-state index in [0.717, 1.165) is 5.56 Å². The highest BCUT2D eigenvalue weighted by atomic mass is 35.5. The van der Waals surface area contributed by atoms with Gasteiger partial charge in [0.1, 0.15) is 11.2 Å². The highest BCUT2D eigenvalue weighted by molar-refractivity contribution is 6.29. The molecule has 0 saturated heterocycles. The molecule has 0 atom stereocenters. The summed E-state index contributed by atoms with van der Waals surface area (Å²) in [6.45, 7) is 0. The summed E-state index contributed by atoms with van der Waals surface area (Å²) in [5.74, 6) is 0. The molecule has 0 radical (unpaired) electrons. The Kier molecular flexibility index (Phi) is 2.71. The van der Waals surface area contributed by atoms with Crippen molar-refractivity contribution in [1.29, 1.82) is 5.26 Å². The molecule has 0 aliphatic carbocycles. The Labute approximate surface area is 97.3 Å². The van der Waals surface area contributed by atoms with Crippen LogP contribution in [0.2, 0.25) is 5.15 Å². The molecule has 0 saturated carbocycles. The Hall–Kier alpha value is -2.12. The van der Waals surface area contributed by atoms with Crippen LogP contribution in [0.5, 0.6) is 0 Å². The van der Waals surface area contributed by atoms with Crippen LogP contribution >= 0.6 is 11.6 Å². The smallest absolute Gasteiger partial charge is 0.129 e. The molecule has 16 heavy (non-hydrogen) atoms. The topological polar surface area (TPSA) is 75.6 Å². The molecule has 0 aromatic carbocycles. The molecule has 2 rings (SSSR count).